The quantitative estimate of drug-likeness (QED) is 0.802. The largest absolute Gasteiger partial charge is 0.399 e. The Labute approximate surface area is 94.5 Å². The average Bonchev–Trinajstić information content (AvgIpc) is 2.71. The number of hydrogen-bond acceptors (Lipinski definition) is 4. The molecule has 2 aromatic rings. The van der Waals surface area contributed by atoms with Crippen LogP contribution in [0.15, 0.2) is 22.7 Å². The molecule has 0 spiro atoms. The van der Waals surface area contributed by atoms with Crippen molar-refractivity contribution in [3.63, 3.8) is 0 Å². The van der Waals surface area contributed by atoms with E-state index in [-0.39, 0.29) is 0 Å². The van der Waals surface area contributed by atoms with E-state index in [9.17, 15) is 0 Å². The zero-order valence-electron chi connectivity index (χ0n) is 9.53. The van der Waals surface area contributed by atoms with Crippen molar-refractivity contribution in [2.45, 2.75) is 26.7 Å². The van der Waals surface area contributed by atoms with Gasteiger partial charge in [0.2, 0.25) is 0 Å². The molecule has 0 atom stereocenters. The highest BCUT2D eigenvalue weighted by atomic mass is 16.5. The number of aryl methyl sites for hydroxylation is 2. The molecule has 0 fully saturated rings. The van der Waals surface area contributed by atoms with Crippen molar-refractivity contribution < 1.29 is 4.52 Å². The zero-order chi connectivity index (χ0) is 11.5. The van der Waals surface area contributed by atoms with Gasteiger partial charge in [0.25, 0.3) is 5.89 Å². The summed E-state index contributed by atoms with van der Waals surface area (Å²) in [4.78, 5) is 4.34. The summed E-state index contributed by atoms with van der Waals surface area (Å²) < 4.78 is 5.22. The van der Waals surface area contributed by atoms with Crippen molar-refractivity contribution in [1.29, 1.82) is 0 Å². The molecule has 4 heteroatoms. The number of nitrogen functional groups attached to an aromatic ring is 1. The first-order chi connectivity index (χ1) is 7.70. The van der Waals surface area contributed by atoms with Crippen LogP contribution in [0, 0.1) is 6.92 Å². The molecule has 1 aromatic carbocycles. The number of anilines is 1. The van der Waals surface area contributed by atoms with E-state index < -0.39 is 0 Å². The van der Waals surface area contributed by atoms with Crippen molar-refractivity contribution in [2.24, 2.45) is 0 Å². The number of nitrogens with two attached hydrogens (primary N) is 1. The summed E-state index contributed by atoms with van der Waals surface area (Å²) in [5, 5.41) is 3.93. The summed E-state index contributed by atoms with van der Waals surface area (Å²) in [5.74, 6) is 1.30. The van der Waals surface area contributed by atoms with E-state index >= 15 is 0 Å². The van der Waals surface area contributed by atoms with Gasteiger partial charge in [-0.3, -0.25) is 0 Å². The minimum Gasteiger partial charge on any atom is -0.399 e. The van der Waals surface area contributed by atoms with Crippen molar-refractivity contribution in [1.82, 2.24) is 10.1 Å². The molecular formula is C12H15N3O. The van der Waals surface area contributed by atoms with Gasteiger partial charge < -0.3 is 10.3 Å². The Hall–Kier alpha value is -1.84. The van der Waals surface area contributed by atoms with Crippen LogP contribution in [-0.4, -0.2) is 10.1 Å². The van der Waals surface area contributed by atoms with Crippen LogP contribution in [-0.2, 0) is 6.42 Å². The summed E-state index contributed by atoms with van der Waals surface area (Å²) in [5.41, 5.74) is 8.44. The lowest BCUT2D eigenvalue weighted by molar-refractivity contribution is 0.422. The average molecular weight is 217 g/mol. The van der Waals surface area contributed by atoms with Crippen LogP contribution in [0.3, 0.4) is 0 Å². The Balaban J connectivity index is 2.38. The third kappa shape index (κ3) is 2.05. The Kier molecular flexibility index (Phi) is 2.90. The molecule has 0 saturated carbocycles. The van der Waals surface area contributed by atoms with Crippen molar-refractivity contribution >= 4 is 5.69 Å². The lowest BCUT2D eigenvalue weighted by Gasteiger charge is -2.01. The molecule has 0 bridgehead atoms. The second-order valence-electron chi connectivity index (χ2n) is 3.84. The second kappa shape index (κ2) is 4.35. The fourth-order valence-corrected chi connectivity index (χ4v) is 1.56. The summed E-state index contributed by atoms with van der Waals surface area (Å²) >= 11 is 0. The molecule has 2 rings (SSSR count). The smallest absolute Gasteiger partial charge is 0.258 e. The highest BCUT2D eigenvalue weighted by Crippen LogP contribution is 2.24. The van der Waals surface area contributed by atoms with E-state index in [1.165, 1.54) is 0 Å². The van der Waals surface area contributed by atoms with Crippen LogP contribution in [0.5, 0.6) is 0 Å². The number of nitrogens with zero attached hydrogens (tertiary/aromatic N) is 2. The summed E-state index contributed by atoms with van der Waals surface area (Å²) in [7, 11) is 0. The Morgan fingerprint density at radius 3 is 2.94 bits per heavy atom. The minimum absolute atomic E-state index is 0.549. The Morgan fingerprint density at radius 2 is 2.19 bits per heavy atom. The van der Waals surface area contributed by atoms with E-state index in [2.05, 4.69) is 17.1 Å². The van der Waals surface area contributed by atoms with Gasteiger partial charge >= 0.3 is 0 Å². The SMILES string of the molecule is CCCc1noc(-c2cc(N)ccc2C)n1. The van der Waals surface area contributed by atoms with Crippen LogP contribution in [0.1, 0.15) is 24.7 Å². The molecule has 0 amide bonds. The molecule has 2 N–H and O–H groups in total. The second-order valence-corrected chi connectivity index (χ2v) is 3.84. The topological polar surface area (TPSA) is 64.9 Å². The normalized spacial score (nSPS) is 10.6. The lowest BCUT2D eigenvalue weighted by atomic mass is 10.1. The molecule has 0 aliphatic heterocycles. The fraction of sp³-hybridized carbons (Fsp3) is 0.333. The first kappa shape index (κ1) is 10.7. The first-order valence-corrected chi connectivity index (χ1v) is 5.39. The fourth-order valence-electron chi connectivity index (χ4n) is 1.56. The van der Waals surface area contributed by atoms with Crippen LogP contribution >= 0.6 is 0 Å². The maximum absolute atomic E-state index is 5.74. The number of hydrogen-bond donors (Lipinski definition) is 1. The number of benzene rings is 1. The van der Waals surface area contributed by atoms with Crippen LogP contribution in [0.25, 0.3) is 11.5 Å². The third-order valence-corrected chi connectivity index (χ3v) is 2.43. The molecule has 1 aromatic heterocycles. The van der Waals surface area contributed by atoms with E-state index in [0.29, 0.717) is 11.6 Å². The van der Waals surface area contributed by atoms with Gasteiger partial charge in [0.05, 0.1) is 0 Å². The van der Waals surface area contributed by atoms with E-state index in [1.807, 2.05) is 25.1 Å². The molecule has 84 valence electrons. The molecule has 0 saturated heterocycles. The zero-order valence-corrected chi connectivity index (χ0v) is 9.53. The molecular weight excluding hydrogens is 202 g/mol. The predicted octanol–water partition coefficient (Wildman–Crippen LogP) is 2.58. The molecule has 0 aliphatic rings. The minimum atomic E-state index is 0.549. The lowest BCUT2D eigenvalue weighted by Crippen LogP contribution is -1.90. The number of rotatable bonds is 3. The van der Waals surface area contributed by atoms with Gasteiger partial charge in [0, 0.05) is 17.7 Å². The standard InChI is InChI=1S/C12H15N3O/c1-3-4-11-14-12(16-15-11)10-7-9(13)6-5-8(10)2/h5-7H,3-4,13H2,1-2H3. The highest BCUT2D eigenvalue weighted by molar-refractivity contribution is 5.63. The van der Waals surface area contributed by atoms with Crippen molar-refractivity contribution in [3.8, 4) is 11.5 Å². The van der Waals surface area contributed by atoms with Gasteiger partial charge in [-0.15, -0.1) is 0 Å². The summed E-state index contributed by atoms with van der Waals surface area (Å²) in [6, 6.07) is 5.68. The van der Waals surface area contributed by atoms with Crippen molar-refractivity contribution in [3.05, 3.63) is 29.6 Å². The van der Waals surface area contributed by atoms with Crippen LogP contribution in [0.2, 0.25) is 0 Å². The molecule has 4 nitrogen and oxygen atoms in total. The van der Waals surface area contributed by atoms with Gasteiger partial charge in [-0.2, -0.15) is 4.98 Å². The molecule has 1 heterocycles. The predicted molar refractivity (Wildman–Crippen MR) is 62.9 cm³/mol. The van der Waals surface area contributed by atoms with Crippen molar-refractivity contribution in [2.75, 3.05) is 5.73 Å². The van der Waals surface area contributed by atoms with Crippen LogP contribution in [0.4, 0.5) is 5.69 Å². The van der Waals surface area contributed by atoms with Crippen LogP contribution < -0.4 is 5.73 Å². The maximum atomic E-state index is 5.74. The molecule has 0 aliphatic carbocycles. The molecule has 0 radical (unpaired) electrons. The van der Waals surface area contributed by atoms with E-state index in [0.717, 1.165) is 29.8 Å². The van der Waals surface area contributed by atoms with E-state index in [4.69, 9.17) is 10.3 Å². The van der Waals surface area contributed by atoms with Gasteiger partial charge in [0.15, 0.2) is 5.82 Å². The maximum Gasteiger partial charge on any atom is 0.258 e. The van der Waals surface area contributed by atoms with Gasteiger partial charge in [-0.1, -0.05) is 18.1 Å². The highest BCUT2D eigenvalue weighted by Gasteiger charge is 2.10. The summed E-state index contributed by atoms with van der Waals surface area (Å²) in [6.45, 7) is 4.08. The summed E-state index contributed by atoms with van der Waals surface area (Å²) in [6.07, 6.45) is 1.85. The molecule has 0 unspecified atom stereocenters. The Morgan fingerprint density at radius 1 is 1.38 bits per heavy atom. The monoisotopic (exact) mass is 217 g/mol. The molecule has 16 heavy (non-hydrogen) atoms. The first-order valence-electron chi connectivity index (χ1n) is 5.39. The van der Waals surface area contributed by atoms with Gasteiger partial charge in [-0.05, 0) is 31.0 Å². The number of aromatic nitrogens is 2. The van der Waals surface area contributed by atoms with E-state index in [1.54, 1.807) is 0 Å². The Bertz CT molecular complexity index is 491. The third-order valence-electron chi connectivity index (χ3n) is 2.43. The van der Waals surface area contributed by atoms with Gasteiger partial charge in [-0.25, -0.2) is 0 Å². The van der Waals surface area contributed by atoms with Gasteiger partial charge in [0.1, 0.15) is 0 Å².